The second-order valence-corrected chi connectivity index (χ2v) is 4.52. The van der Waals surface area contributed by atoms with Crippen molar-refractivity contribution in [2.75, 3.05) is 11.9 Å². The van der Waals surface area contributed by atoms with Crippen LogP contribution in [-0.2, 0) is 6.54 Å². The van der Waals surface area contributed by atoms with Gasteiger partial charge in [-0.3, -0.25) is 0 Å². The van der Waals surface area contributed by atoms with Crippen LogP contribution in [0.2, 0.25) is 0 Å². The predicted octanol–water partition coefficient (Wildman–Crippen LogP) is 4.28. The Morgan fingerprint density at radius 2 is 1.85 bits per heavy atom. The lowest BCUT2D eigenvalue weighted by atomic mass is 10.1. The molecule has 0 saturated heterocycles. The van der Waals surface area contributed by atoms with Crippen molar-refractivity contribution >= 4 is 5.69 Å². The summed E-state index contributed by atoms with van der Waals surface area (Å²) < 4.78 is 32.2. The van der Waals surface area contributed by atoms with E-state index in [4.69, 9.17) is 4.74 Å². The zero-order chi connectivity index (χ0) is 14.5. The van der Waals surface area contributed by atoms with Crippen LogP contribution in [0.15, 0.2) is 36.4 Å². The maximum absolute atomic E-state index is 13.7. The highest BCUT2D eigenvalue weighted by molar-refractivity contribution is 5.47. The van der Waals surface area contributed by atoms with E-state index in [0.29, 0.717) is 24.4 Å². The molecule has 0 unspecified atom stereocenters. The van der Waals surface area contributed by atoms with Gasteiger partial charge in [0.25, 0.3) is 0 Å². The Kier molecular flexibility index (Phi) is 4.56. The Morgan fingerprint density at radius 1 is 1.05 bits per heavy atom. The molecule has 0 fully saturated rings. The number of benzene rings is 2. The first kappa shape index (κ1) is 14.3. The van der Waals surface area contributed by atoms with E-state index in [-0.39, 0.29) is 11.6 Å². The number of hydrogen-bond acceptors (Lipinski definition) is 2. The fourth-order valence-electron chi connectivity index (χ4n) is 1.83. The number of anilines is 1. The molecule has 0 bridgehead atoms. The smallest absolute Gasteiger partial charge is 0.167 e. The molecule has 0 aliphatic heterocycles. The van der Waals surface area contributed by atoms with Gasteiger partial charge < -0.3 is 10.1 Å². The number of hydrogen-bond donors (Lipinski definition) is 1. The molecule has 0 aromatic heterocycles. The molecule has 4 heteroatoms. The minimum atomic E-state index is -0.410. The van der Waals surface area contributed by atoms with Crippen LogP contribution < -0.4 is 10.1 Å². The van der Waals surface area contributed by atoms with Gasteiger partial charge >= 0.3 is 0 Å². The van der Waals surface area contributed by atoms with Crippen LogP contribution in [0.5, 0.6) is 5.75 Å². The monoisotopic (exact) mass is 277 g/mol. The van der Waals surface area contributed by atoms with E-state index in [1.807, 2.05) is 6.07 Å². The number of halogens is 2. The molecule has 2 aromatic carbocycles. The van der Waals surface area contributed by atoms with Gasteiger partial charge in [0, 0.05) is 18.3 Å². The van der Waals surface area contributed by atoms with Crippen LogP contribution in [0.3, 0.4) is 0 Å². The Hall–Kier alpha value is -2.10. The van der Waals surface area contributed by atoms with Crippen molar-refractivity contribution in [2.24, 2.45) is 0 Å². The average molecular weight is 277 g/mol. The summed E-state index contributed by atoms with van der Waals surface area (Å²) in [4.78, 5) is 0. The SMILES string of the molecule is CCOc1ccc(NCc2ccc(C)c(F)c2)cc1F. The molecule has 1 N–H and O–H groups in total. The number of aryl methyl sites for hydroxylation is 1. The third-order valence-corrected chi connectivity index (χ3v) is 2.96. The second-order valence-electron chi connectivity index (χ2n) is 4.52. The quantitative estimate of drug-likeness (QED) is 0.880. The van der Waals surface area contributed by atoms with Crippen molar-refractivity contribution in [1.82, 2.24) is 0 Å². The Bertz CT molecular complexity index is 599. The van der Waals surface area contributed by atoms with E-state index >= 15 is 0 Å². The second kappa shape index (κ2) is 6.37. The zero-order valence-corrected chi connectivity index (χ0v) is 11.5. The van der Waals surface area contributed by atoms with Crippen molar-refractivity contribution in [2.45, 2.75) is 20.4 Å². The lowest BCUT2D eigenvalue weighted by molar-refractivity contribution is 0.321. The molecule has 0 amide bonds. The first-order valence-corrected chi connectivity index (χ1v) is 6.51. The normalized spacial score (nSPS) is 10.4. The highest BCUT2D eigenvalue weighted by atomic mass is 19.1. The third kappa shape index (κ3) is 3.47. The summed E-state index contributed by atoms with van der Waals surface area (Å²) >= 11 is 0. The van der Waals surface area contributed by atoms with Gasteiger partial charge in [0.15, 0.2) is 11.6 Å². The molecule has 0 atom stereocenters. The lowest BCUT2D eigenvalue weighted by Crippen LogP contribution is -2.01. The Labute approximate surface area is 117 Å². The zero-order valence-electron chi connectivity index (χ0n) is 11.5. The predicted molar refractivity (Wildman–Crippen MR) is 76.0 cm³/mol. The average Bonchev–Trinajstić information content (AvgIpc) is 2.43. The fraction of sp³-hybridized carbons (Fsp3) is 0.250. The molecule has 2 aromatic rings. The molecular formula is C16H17F2NO. The van der Waals surface area contributed by atoms with Crippen molar-refractivity contribution in [1.29, 1.82) is 0 Å². The first-order valence-electron chi connectivity index (χ1n) is 6.51. The molecule has 20 heavy (non-hydrogen) atoms. The molecule has 0 aliphatic carbocycles. The Morgan fingerprint density at radius 3 is 2.50 bits per heavy atom. The topological polar surface area (TPSA) is 21.3 Å². The van der Waals surface area contributed by atoms with Crippen LogP contribution in [0.4, 0.5) is 14.5 Å². The van der Waals surface area contributed by atoms with Crippen LogP contribution >= 0.6 is 0 Å². The molecule has 0 saturated carbocycles. The highest BCUT2D eigenvalue weighted by Gasteiger charge is 2.04. The summed E-state index contributed by atoms with van der Waals surface area (Å²) in [5.41, 5.74) is 2.05. The van der Waals surface area contributed by atoms with Crippen molar-refractivity contribution < 1.29 is 13.5 Å². The number of rotatable bonds is 5. The van der Waals surface area contributed by atoms with Crippen molar-refractivity contribution in [3.05, 3.63) is 59.2 Å². The Balaban J connectivity index is 2.03. The van der Waals surface area contributed by atoms with Crippen molar-refractivity contribution in [3.8, 4) is 5.75 Å². The van der Waals surface area contributed by atoms with Gasteiger partial charge in [-0.1, -0.05) is 12.1 Å². The highest BCUT2D eigenvalue weighted by Crippen LogP contribution is 2.21. The van der Waals surface area contributed by atoms with Crippen molar-refractivity contribution in [3.63, 3.8) is 0 Å². The number of ether oxygens (including phenoxy) is 1. The van der Waals surface area contributed by atoms with E-state index in [9.17, 15) is 8.78 Å². The summed E-state index contributed by atoms with van der Waals surface area (Å²) in [5, 5.41) is 3.06. The van der Waals surface area contributed by atoms with Gasteiger partial charge in [-0.05, 0) is 43.2 Å². The van der Waals surface area contributed by atoms with E-state index in [1.54, 1.807) is 32.0 Å². The third-order valence-electron chi connectivity index (χ3n) is 2.96. The minimum absolute atomic E-state index is 0.234. The fourth-order valence-corrected chi connectivity index (χ4v) is 1.83. The summed E-state index contributed by atoms with van der Waals surface area (Å²) in [6.07, 6.45) is 0. The van der Waals surface area contributed by atoms with E-state index in [0.717, 1.165) is 5.56 Å². The molecule has 0 heterocycles. The van der Waals surface area contributed by atoms with Crippen LogP contribution in [0.25, 0.3) is 0 Å². The maximum atomic E-state index is 13.7. The molecule has 2 nitrogen and oxygen atoms in total. The van der Waals surface area contributed by atoms with Gasteiger partial charge in [-0.25, -0.2) is 8.78 Å². The van der Waals surface area contributed by atoms with Gasteiger partial charge in [0.2, 0.25) is 0 Å². The van der Waals surface area contributed by atoms with E-state index in [1.165, 1.54) is 12.1 Å². The molecule has 0 aliphatic rings. The summed E-state index contributed by atoms with van der Waals surface area (Å²) in [6.45, 7) is 4.38. The maximum Gasteiger partial charge on any atom is 0.167 e. The van der Waals surface area contributed by atoms with E-state index < -0.39 is 5.82 Å². The molecular weight excluding hydrogens is 260 g/mol. The molecule has 106 valence electrons. The number of nitrogens with one attached hydrogen (secondary N) is 1. The van der Waals surface area contributed by atoms with Gasteiger partial charge in [-0.2, -0.15) is 0 Å². The molecule has 2 rings (SSSR count). The van der Waals surface area contributed by atoms with Crippen LogP contribution in [0, 0.1) is 18.6 Å². The largest absolute Gasteiger partial charge is 0.491 e. The standard InChI is InChI=1S/C16H17F2NO/c1-3-20-16-7-6-13(9-15(16)18)19-10-12-5-4-11(2)14(17)8-12/h4-9,19H,3,10H2,1-2H3. The van der Waals surface area contributed by atoms with Gasteiger partial charge in [0.1, 0.15) is 5.82 Å². The summed E-state index contributed by atoms with van der Waals surface area (Å²) in [5.74, 6) is -0.409. The summed E-state index contributed by atoms with van der Waals surface area (Å²) in [7, 11) is 0. The van der Waals surface area contributed by atoms with E-state index in [2.05, 4.69) is 5.32 Å². The lowest BCUT2D eigenvalue weighted by Gasteiger charge is -2.10. The van der Waals surface area contributed by atoms with Crippen LogP contribution in [0.1, 0.15) is 18.1 Å². The minimum Gasteiger partial charge on any atom is -0.491 e. The van der Waals surface area contributed by atoms with Crippen LogP contribution in [-0.4, -0.2) is 6.61 Å². The summed E-state index contributed by atoms with van der Waals surface area (Å²) in [6, 6.07) is 9.74. The van der Waals surface area contributed by atoms with Gasteiger partial charge in [-0.15, -0.1) is 0 Å². The van der Waals surface area contributed by atoms with Gasteiger partial charge in [0.05, 0.1) is 6.61 Å². The molecule has 0 spiro atoms. The first-order chi connectivity index (χ1) is 9.60. The molecule has 0 radical (unpaired) electrons.